The smallest absolute Gasteiger partial charge is 0.228 e. The zero-order valence-electron chi connectivity index (χ0n) is 12.7. The predicted octanol–water partition coefficient (Wildman–Crippen LogP) is 4.17. The second kappa shape index (κ2) is 6.48. The summed E-state index contributed by atoms with van der Waals surface area (Å²) in [6, 6.07) is 17.3. The van der Waals surface area contributed by atoms with Crippen LogP contribution in [-0.4, -0.2) is 13.0 Å². The fourth-order valence-electron chi connectivity index (χ4n) is 2.54. The second-order valence-corrected chi connectivity index (χ2v) is 5.21. The van der Waals surface area contributed by atoms with Gasteiger partial charge in [-0.2, -0.15) is 0 Å². The molecule has 0 atom stereocenters. The third kappa shape index (κ3) is 3.31. The summed E-state index contributed by atoms with van der Waals surface area (Å²) in [4.78, 5) is 12.2. The SMILES string of the molecule is COc1ccc(NC(=O)Cc2ccc(F)cc2)c2ccccc12. The molecule has 0 saturated heterocycles. The van der Waals surface area contributed by atoms with E-state index in [2.05, 4.69) is 5.32 Å². The van der Waals surface area contributed by atoms with E-state index >= 15 is 0 Å². The van der Waals surface area contributed by atoms with Gasteiger partial charge in [0.1, 0.15) is 11.6 Å². The minimum atomic E-state index is -0.310. The van der Waals surface area contributed by atoms with Crippen LogP contribution in [0.2, 0.25) is 0 Å². The lowest BCUT2D eigenvalue weighted by atomic mass is 10.1. The molecular formula is C19H16FNO2. The minimum Gasteiger partial charge on any atom is -0.496 e. The van der Waals surface area contributed by atoms with Crippen LogP contribution in [0.15, 0.2) is 60.7 Å². The van der Waals surface area contributed by atoms with E-state index in [1.807, 2.05) is 36.4 Å². The monoisotopic (exact) mass is 309 g/mol. The third-order valence-electron chi connectivity index (χ3n) is 3.66. The van der Waals surface area contributed by atoms with Crippen molar-refractivity contribution in [1.29, 1.82) is 0 Å². The number of methoxy groups -OCH3 is 1. The molecule has 1 N–H and O–H groups in total. The number of nitrogens with one attached hydrogen (secondary N) is 1. The highest BCUT2D eigenvalue weighted by atomic mass is 19.1. The number of amides is 1. The number of halogens is 1. The molecular weight excluding hydrogens is 293 g/mol. The Labute approximate surface area is 133 Å². The molecule has 23 heavy (non-hydrogen) atoms. The number of hydrogen-bond acceptors (Lipinski definition) is 2. The van der Waals surface area contributed by atoms with Crippen molar-refractivity contribution >= 4 is 22.4 Å². The summed E-state index contributed by atoms with van der Waals surface area (Å²) in [5.41, 5.74) is 1.50. The first-order chi connectivity index (χ1) is 11.2. The molecule has 0 aliphatic carbocycles. The first-order valence-electron chi connectivity index (χ1n) is 7.27. The van der Waals surface area contributed by atoms with Gasteiger partial charge in [-0.15, -0.1) is 0 Å². The van der Waals surface area contributed by atoms with Crippen LogP contribution < -0.4 is 10.1 Å². The second-order valence-electron chi connectivity index (χ2n) is 5.21. The predicted molar refractivity (Wildman–Crippen MR) is 89.2 cm³/mol. The number of ether oxygens (including phenoxy) is 1. The van der Waals surface area contributed by atoms with Crippen LogP contribution in [0, 0.1) is 5.82 Å². The van der Waals surface area contributed by atoms with Crippen LogP contribution >= 0.6 is 0 Å². The minimum absolute atomic E-state index is 0.146. The molecule has 0 unspecified atom stereocenters. The quantitative estimate of drug-likeness (QED) is 0.785. The van der Waals surface area contributed by atoms with Crippen molar-refractivity contribution in [3.05, 3.63) is 72.0 Å². The highest BCUT2D eigenvalue weighted by Crippen LogP contribution is 2.31. The van der Waals surface area contributed by atoms with Crippen LogP contribution in [0.4, 0.5) is 10.1 Å². The summed E-state index contributed by atoms with van der Waals surface area (Å²) >= 11 is 0. The number of carbonyl (C=O) groups is 1. The maximum absolute atomic E-state index is 12.9. The van der Waals surface area contributed by atoms with E-state index in [0.717, 1.165) is 27.8 Å². The lowest BCUT2D eigenvalue weighted by molar-refractivity contribution is -0.115. The van der Waals surface area contributed by atoms with Crippen molar-refractivity contribution < 1.29 is 13.9 Å². The lowest BCUT2D eigenvalue weighted by Crippen LogP contribution is -2.14. The van der Waals surface area contributed by atoms with E-state index in [1.54, 1.807) is 19.2 Å². The van der Waals surface area contributed by atoms with E-state index in [4.69, 9.17) is 4.74 Å². The molecule has 0 saturated carbocycles. The van der Waals surface area contributed by atoms with Gasteiger partial charge in [-0.3, -0.25) is 4.79 Å². The molecule has 0 aromatic heterocycles. The van der Waals surface area contributed by atoms with Gasteiger partial charge in [0, 0.05) is 16.5 Å². The maximum atomic E-state index is 12.9. The summed E-state index contributed by atoms with van der Waals surface area (Å²) in [7, 11) is 1.62. The van der Waals surface area contributed by atoms with Crippen LogP contribution in [0.25, 0.3) is 10.8 Å². The van der Waals surface area contributed by atoms with Crippen molar-refractivity contribution in [3.8, 4) is 5.75 Å². The average molecular weight is 309 g/mol. The number of hydrogen-bond donors (Lipinski definition) is 1. The first-order valence-corrected chi connectivity index (χ1v) is 7.27. The van der Waals surface area contributed by atoms with Gasteiger partial charge >= 0.3 is 0 Å². The Morgan fingerprint density at radius 3 is 2.39 bits per heavy atom. The number of anilines is 1. The summed E-state index contributed by atoms with van der Waals surface area (Å²) in [6.45, 7) is 0. The molecule has 0 fully saturated rings. The Kier molecular flexibility index (Phi) is 4.24. The Bertz CT molecular complexity index is 844. The van der Waals surface area contributed by atoms with Crippen LogP contribution in [-0.2, 0) is 11.2 Å². The number of fused-ring (bicyclic) bond motifs is 1. The third-order valence-corrected chi connectivity index (χ3v) is 3.66. The van der Waals surface area contributed by atoms with Crippen LogP contribution in [0.3, 0.4) is 0 Å². The summed E-state index contributed by atoms with van der Waals surface area (Å²) in [5, 5.41) is 4.77. The van der Waals surface area contributed by atoms with Gasteiger partial charge in [0.05, 0.1) is 13.5 Å². The molecule has 0 aliphatic rings. The van der Waals surface area contributed by atoms with E-state index < -0.39 is 0 Å². The van der Waals surface area contributed by atoms with Gasteiger partial charge < -0.3 is 10.1 Å². The van der Waals surface area contributed by atoms with Crippen LogP contribution in [0.1, 0.15) is 5.56 Å². The molecule has 0 radical (unpaired) electrons. The maximum Gasteiger partial charge on any atom is 0.228 e. The van der Waals surface area contributed by atoms with Gasteiger partial charge in [-0.1, -0.05) is 36.4 Å². The molecule has 3 nitrogen and oxygen atoms in total. The normalized spacial score (nSPS) is 10.5. The Hall–Kier alpha value is -2.88. The molecule has 4 heteroatoms. The standard InChI is InChI=1S/C19H16FNO2/c1-23-18-11-10-17(15-4-2-3-5-16(15)18)21-19(22)12-13-6-8-14(20)9-7-13/h2-11H,12H2,1H3,(H,21,22). The zero-order valence-corrected chi connectivity index (χ0v) is 12.7. The van der Waals surface area contributed by atoms with Crippen molar-refractivity contribution in [2.45, 2.75) is 6.42 Å². The summed E-state index contributed by atoms with van der Waals surface area (Å²) in [5.74, 6) is 0.305. The Morgan fingerprint density at radius 1 is 1.00 bits per heavy atom. The molecule has 0 heterocycles. The number of rotatable bonds is 4. The molecule has 3 rings (SSSR count). The fraction of sp³-hybridized carbons (Fsp3) is 0.105. The van der Waals surface area contributed by atoms with Gasteiger partial charge in [0.2, 0.25) is 5.91 Å². The largest absolute Gasteiger partial charge is 0.496 e. The molecule has 116 valence electrons. The lowest BCUT2D eigenvalue weighted by Gasteiger charge is -2.11. The van der Waals surface area contributed by atoms with Gasteiger partial charge in [0.25, 0.3) is 0 Å². The molecule has 1 amide bonds. The zero-order chi connectivity index (χ0) is 16.2. The molecule has 0 aliphatic heterocycles. The van der Waals surface area contributed by atoms with Gasteiger partial charge in [0.15, 0.2) is 0 Å². The van der Waals surface area contributed by atoms with Crippen molar-refractivity contribution in [3.63, 3.8) is 0 Å². The number of benzene rings is 3. The Balaban J connectivity index is 1.84. The van der Waals surface area contributed by atoms with Crippen molar-refractivity contribution in [1.82, 2.24) is 0 Å². The topological polar surface area (TPSA) is 38.3 Å². The summed E-state index contributed by atoms with van der Waals surface area (Å²) < 4.78 is 18.3. The fourth-order valence-corrected chi connectivity index (χ4v) is 2.54. The average Bonchev–Trinajstić information content (AvgIpc) is 2.57. The van der Waals surface area contributed by atoms with Crippen LogP contribution in [0.5, 0.6) is 5.75 Å². The van der Waals surface area contributed by atoms with E-state index in [0.29, 0.717) is 0 Å². The highest BCUT2D eigenvalue weighted by Gasteiger charge is 2.09. The molecule has 0 bridgehead atoms. The highest BCUT2D eigenvalue weighted by molar-refractivity contribution is 6.04. The van der Waals surface area contributed by atoms with E-state index in [-0.39, 0.29) is 18.1 Å². The molecule has 0 spiro atoms. The van der Waals surface area contributed by atoms with Crippen molar-refractivity contribution in [2.24, 2.45) is 0 Å². The number of carbonyl (C=O) groups excluding carboxylic acids is 1. The van der Waals surface area contributed by atoms with E-state index in [9.17, 15) is 9.18 Å². The Morgan fingerprint density at radius 2 is 1.70 bits per heavy atom. The van der Waals surface area contributed by atoms with Crippen molar-refractivity contribution in [2.75, 3.05) is 12.4 Å². The van der Waals surface area contributed by atoms with Gasteiger partial charge in [-0.25, -0.2) is 4.39 Å². The summed E-state index contributed by atoms with van der Waals surface area (Å²) in [6.07, 6.45) is 0.195. The first kappa shape index (κ1) is 15.0. The van der Waals surface area contributed by atoms with Gasteiger partial charge in [-0.05, 0) is 29.8 Å². The molecule has 3 aromatic carbocycles. The molecule has 3 aromatic rings. The van der Waals surface area contributed by atoms with E-state index in [1.165, 1.54) is 12.1 Å².